The van der Waals surface area contributed by atoms with Crippen molar-refractivity contribution in [3.05, 3.63) is 41.0 Å². The van der Waals surface area contributed by atoms with Gasteiger partial charge in [-0.25, -0.2) is 0 Å². The molecule has 1 aromatic carbocycles. The van der Waals surface area contributed by atoms with Crippen LogP contribution in [-0.4, -0.2) is 30.9 Å². The second-order valence-electron chi connectivity index (χ2n) is 5.28. The van der Waals surface area contributed by atoms with Crippen molar-refractivity contribution in [2.75, 3.05) is 20.1 Å². The first-order chi connectivity index (χ1) is 8.75. The Morgan fingerprint density at radius 3 is 2.74 bits per heavy atom. The fraction of sp³-hybridized carbons (Fsp3) is 0.438. The molecule has 0 atom stereocenters. The molecule has 0 saturated carbocycles. The van der Waals surface area contributed by atoms with Crippen LogP contribution in [0, 0.1) is 0 Å². The van der Waals surface area contributed by atoms with Gasteiger partial charge in [0.25, 0.3) is 0 Å². The third-order valence-corrected chi connectivity index (χ3v) is 4.19. The Bertz CT molecular complexity index is 531. The smallest absolute Gasteiger partial charge is 0.103 e. The maximum absolute atomic E-state index is 4.61. The fourth-order valence-corrected chi connectivity index (χ4v) is 2.95. The van der Waals surface area contributed by atoms with E-state index in [-0.39, 0.29) is 12.4 Å². The second kappa shape index (κ2) is 5.79. The van der Waals surface area contributed by atoms with Gasteiger partial charge in [-0.3, -0.25) is 4.99 Å². The molecule has 0 amide bonds. The lowest BCUT2D eigenvalue weighted by Crippen LogP contribution is -2.23. The average molecular weight is 277 g/mol. The summed E-state index contributed by atoms with van der Waals surface area (Å²) in [6.45, 7) is 4.32. The van der Waals surface area contributed by atoms with Gasteiger partial charge in [0.2, 0.25) is 0 Å². The van der Waals surface area contributed by atoms with E-state index in [1.807, 2.05) is 0 Å². The molecule has 0 saturated heterocycles. The van der Waals surface area contributed by atoms with E-state index in [4.69, 9.17) is 0 Å². The lowest BCUT2D eigenvalue weighted by atomic mass is 9.85. The van der Waals surface area contributed by atoms with Crippen molar-refractivity contribution in [2.45, 2.75) is 26.2 Å². The molecule has 2 aliphatic rings. The number of rotatable bonds is 2. The molecule has 0 fully saturated rings. The minimum atomic E-state index is 0. The predicted octanol–water partition coefficient (Wildman–Crippen LogP) is 3.56. The third-order valence-electron chi connectivity index (χ3n) is 4.19. The second-order valence-corrected chi connectivity index (χ2v) is 5.28. The number of hydrogen-bond acceptors (Lipinski definition) is 2. The Morgan fingerprint density at radius 2 is 2.00 bits per heavy atom. The number of allylic oxidation sites excluding steroid dienone is 1. The first kappa shape index (κ1) is 14.1. The van der Waals surface area contributed by atoms with Crippen molar-refractivity contribution >= 4 is 23.8 Å². The topological polar surface area (TPSA) is 15.6 Å². The molecule has 0 radical (unpaired) electrons. The van der Waals surface area contributed by atoms with E-state index in [0.29, 0.717) is 0 Å². The zero-order chi connectivity index (χ0) is 12.5. The summed E-state index contributed by atoms with van der Waals surface area (Å²) in [7, 11) is 2.15. The molecule has 1 aliphatic carbocycles. The van der Waals surface area contributed by atoms with Gasteiger partial charge in [0.15, 0.2) is 0 Å². The minimum Gasteiger partial charge on any atom is -0.361 e. The summed E-state index contributed by atoms with van der Waals surface area (Å²) in [6, 6.07) is 8.80. The number of fused-ring (bicyclic) bond motifs is 1. The molecule has 19 heavy (non-hydrogen) atoms. The summed E-state index contributed by atoms with van der Waals surface area (Å²) in [4.78, 5) is 6.90. The van der Waals surface area contributed by atoms with Gasteiger partial charge < -0.3 is 4.90 Å². The third kappa shape index (κ3) is 2.69. The number of aliphatic imine (C=N–C) groups is 1. The number of aryl methyl sites for hydroxylation is 1. The SMILES string of the molecule is CC1=C(CC2=NCCN2C)CCc2ccccc21.Cl. The minimum absolute atomic E-state index is 0. The van der Waals surface area contributed by atoms with E-state index in [9.17, 15) is 0 Å². The maximum atomic E-state index is 4.61. The fourth-order valence-electron chi connectivity index (χ4n) is 2.95. The van der Waals surface area contributed by atoms with Gasteiger partial charge >= 0.3 is 0 Å². The Labute approximate surface area is 121 Å². The quantitative estimate of drug-likeness (QED) is 0.806. The standard InChI is InChI=1S/C16H20N2.ClH/c1-12-14(11-16-17-9-10-18(16)2)8-7-13-5-3-4-6-15(12)13;/h3-6H,7-11H2,1-2H3;1H. The summed E-state index contributed by atoms with van der Waals surface area (Å²) >= 11 is 0. The van der Waals surface area contributed by atoms with Crippen LogP contribution in [0.4, 0.5) is 0 Å². The summed E-state index contributed by atoms with van der Waals surface area (Å²) < 4.78 is 0. The molecule has 2 nitrogen and oxygen atoms in total. The molecule has 3 heteroatoms. The van der Waals surface area contributed by atoms with Gasteiger partial charge in [-0.2, -0.15) is 0 Å². The summed E-state index contributed by atoms with van der Waals surface area (Å²) in [5, 5.41) is 0. The molecule has 0 aromatic heterocycles. The molecule has 0 unspecified atom stereocenters. The number of benzene rings is 1. The van der Waals surface area contributed by atoms with Crippen LogP contribution in [0.2, 0.25) is 0 Å². The number of halogens is 1. The molecule has 1 aliphatic heterocycles. The van der Waals surface area contributed by atoms with E-state index < -0.39 is 0 Å². The van der Waals surface area contributed by atoms with Crippen LogP contribution in [0.3, 0.4) is 0 Å². The lowest BCUT2D eigenvalue weighted by molar-refractivity contribution is 0.547. The van der Waals surface area contributed by atoms with Crippen LogP contribution in [0.5, 0.6) is 0 Å². The Balaban J connectivity index is 0.00000133. The van der Waals surface area contributed by atoms with E-state index in [1.54, 1.807) is 5.57 Å². The van der Waals surface area contributed by atoms with Crippen LogP contribution in [-0.2, 0) is 6.42 Å². The van der Waals surface area contributed by atoms with Gasteiger partial charge in [-0.15, -0.1) is 12.4 Å². The number of amidine groups is 1. The predicted molar refractivity (Wildman–Crippen MR) is 84.2 cm³/mol. The largest absolute Gasteiger partial charge is 0.361 e. The normalized spacial score (nSPS) is 18.0. The summed E-state index contributed by atoms with van der Waals surface area (Å²) in [6.07, 6.45) is 3.41. The molecule has 1 heterocycles. The van der Waals surface area contributed by atoms with Gasteiger partial charge in [0.1, 0.15) is 5.84 Å². The van der Waals surface area contributed by atoms with Crippen molar-refractivity contribution in [1.29, 1.82) is 0 Å². The first-order valence-corrected chi connectivity index (χ1v) is 6.77. The highest BCUT2D eigenvalue weighted by molar-refractivity contribution is 5.88. The van der Waals surface area contributed by atoms with E-state index >= 15 is 0 Å². The maximum Gasteiger partial charge on any atom is 0.103 e. The highest BCUT2D eigenvalue weighted by Gasteiger charge is 2.19. The van der Waals surface area contributed by atoms with Gasteiger partial charge in [0, 0.05) is 20.0 Å². The van der Waals surface area contributed by atoms with Crippen LogP contribution in [0.1, 0.15) is 30.9 Å². The molecule has 102 valence electrons. The van der Waals surface area contributed by atoms with Gasteiger partial charge in [0.05, 0.1) is 6.54 Å². The molecular formula is C16H21ClN2. The van der Waals surface area contributed by atoms with Crippen LogP contribution >= 0.6 is 12.4 Å². The number of hydrogen-bond donors (Lipinski definition) is 0. The molecule has 1 aromatic rings. The zero-order valence-electron chi connectivity index (χ0n) is 11.6. The summed E-state index contributed by atoms with van der Waals surface area (Å²) in [5.74, 6) is 1.27. The Kier molecular flexibility index (Phi) is 4.31. The van der Waals surface area contributed by atoms with Crippen LogP contribution < -0.4 is 0 Å². The molecule has 0 spiro atoms. The summed E-state index contributed by atoms with van der Waals surface area (Å²) in [5.41, 5.74) is 5.99. The average Bonchev–Trinajstić information content (AvgIpc) is 2.79. The van der Waals surface area contributed by atoms with Crippen molar-refractivity contribution < 1.29 is 0 Å². The van der Waals surface area contributed by atoms with Crippen molar-refractivity contribution in [2.24, 2.45) is 4.99 Å². The van der Waals surface area contributed by atoms with Gasteiger partial charge in [-0.05, 0) is 36.5 Å². The van der Waals surface area contributed by atoms with Crippen molar-refractivity contribution in [3.8, 4) is 0 Å². The van der Waals surface area contributed by atoms with E-state index in [0.717, 1.165) is 19.5 Å². The van der Waals surface area contributed by atoms with Crippen LogP contribution in [0.15, 0.2) is 34.8 Å². The van der Waals surface area contributed by atoms with E-state index in [1.165, 1.54) is 35.4 Å². The highest BCUT2D eigenvalue weighted by atomic mass is 35.5. The van der Waals surface area contributed by atoms with Crippen molar-refractivity contribution in [1.82, 2.24) is 4.90 Å². The first-order valence-electron chi connectivity index (χ1n) is 6.77. The monoisotopic (exact) mass is 276 g/mol. The number of nitrogens with zero attached hydrogens (tertiary/aromatic N) is 2. The van der Waals surface area contributed by atoms with Crippen LogP contribution in [0.25, 0.3) is 5.57 Å². The zero-order valence-corrected chi connectivity index (χ0v) is 12.5. The Morgan fingerprint density at radius 1 is 1.21 bits per heavy atom. The molecule has 3 rings (SSSR count). The highest BCUT2D eigenvalue weighted by Crippen LogP contribution is 2.33. The van der Waals surface area contributed by atoms with Gasteiger partial charge in [-0.1, -0.05) is 29.8 Å². The Hall–Kier alpha value is -1.28. The van der Waals surface area contributed by atoms with Crippen molar-refractivity contribution in [3.63, 3.8) is 0 Å². The number of likely N-dealkylation sites (N-methyl/N-ethyl adjacent to an activating group) is 1. The lowest BCUT2D eigenvalue weighted by Gasteiger charge is -2.23. The molecular weight excluding hydrogens is 256 g/mol. The van der Waals surface area contributed by atoms with E-state index in [2.05, 4.69) is 48.1 Å². The molecule has 0 bridgehead atoms. The molecule has 0 N–H and O–H groups in total.